The van der Waals surface area contributed by atoms with Crippen molar-refractivity contribution in [1.82, 2.24) is 15.3 Å². The summed E-state index contributed by atoms with van der Waals surface area (Å²) in [7, 11) is -3.10. The Labute approximate surface area is 124 Å². The number of hydrogen-bond acceptors (Lipinski definition) is 4. The summed E-state index contributed by atoms with van der Waals surface area (Å²) in [4.78, 5) is 7.76. The molecular formula is C15H19N3O2S. The third kappa shape index (κ3) is 3.16. The van der Waals surface area contributed by atoms with E-state index >= 15 is 0 Å². The van der Waals surface area contributed by atoms with Gasteiger partial charge in [-0.1, -0.05) is 18.2 Å². The molecule has 112 valence electrons. The van der Waals surface area contributed by atoms with Crippen molar-refractivity contribution >= 4 is 9.84 Å². The molecule has 1 aliphatic rings. The summed E-state index contributed by atoms with van der Waals surface area (Å²) in [6.45, 7) is 0.847. The van der Waals surface area contributed by atoms with Crippen LogP contribution in [-0.2, 0) is 16.3 Å². The van der Waals surface area contributed by atoms with Crippen LogP contribution in [0.3, 0.4) is 0 Å². The molecule has 1 aliphatic heterocycles. The van der Waals surface area contributed by atoms with Crippen LogP contribution in [0.2, 0.25) is 0 Å². The maximum Gasteiger partial charge on any atom is 0.178 e. The molecule has 2 N–H and O–H groups in total. The van der Waals surface area contributed by atoms with Gasteiger partial charge in [-0.2, -0.15) is 0 Å². The van der Waals surface area contributed by atoms with E-state index < -0.39 is 9.84 Å². The Hall–Kier alpha value is -1.66. The Kier molecular flexibility index (Phi) is 4.07. The molecule has 1 unspecified atom stereocenters. The molecule has 0 fully saturated rings. The topological polar surface area (TPSA) is 74.8 Å². The van der Waals surface area contributed by atoms with Crippen molar-refractivity contribution in [3.05, 3.63) is 48.0 Å². The fourth-order valence-corrected chi connectivity index (χ4v) is 4.39. The predicted octanol–water partition coefficient (Wildman–Crippen LogP) is 1.85. The summed E-state index contributed by atoms with van der Waals surface area (Å²) in [5.74, 6) is 1.21. The highest BCUT2D eigenvalue weighted by Gasteiger charge is 2.29. The van der Waals surface area contributed by atoms with Gasteiger partial charge in [0.2, 0.25) is 0 Å². The molecule has 21 heavy (non-hydrogen) atoms. The smallest absolute Gasteiger partial charge is 0.178 e. The number of nitrogens with one attached hydrogen (secondary N) is 2. The summed E-state index contributed by atoms with van der Waals surface area (Å²) < 4.78 is 24.1. The van der Waals surface area contributed by atoms with Gasteiger partial charge in [0.15, 0.2) is 9.84 Å². The van der Waals surface area contributed by atoms with Gasteiger partial charge in [0.05, 0.1) is 10.6 Å². The van der Waals surface area contributed by atoms with Gasteiger partial charge in [-0.3, -0.25) is 0 Å². The Bertz CT molecular complexity index is 695. The van der Waals surface area contributed by atoms with E-state index in [1.807, 2.05) is 18.3 Å². The second kappa shape index (κ2) is 5.99. The second-order valence-corrected chi connectivity index (χ2v) is 7.37. The van der Waals surface area contributed by atoms with E-state index in [1.165, 1.54) is 0 Å². The third-order valence-electron chi connectivity index (χ3n) is 3.84. The lowest BCUT2D eigenvalue weighted by molar-refractivity contribution is 0.485. The number of aromatic nitrogens is 2. The summed E-state index contributed by atoms with van der Waals surface area (Å²) in [5, 5.41) is 3.47. The van der Waals surface area contributed by atoms with Gasteiger partial charge in [0.1, 0.15) is 5.82 Å². The van der Waals surface area contributed by atoms with Crippen LogP contribution in [0.25, 0.3) is 0 Å². The zero-order chi connectivity index (χ0) is 14.7. The van der Waals surface area contributed by atoms with Crippen LogP contribution in [0.1, 0.15) is 30.3 Å². The lowest BCUT2D eigenvalue weighted by atomic mass is 10.0. The second-order valence-electron chi connectivity index (χ2n) is 5.29. The fraction of sp³-hybridized carbons (Fsp3) is 0.400. The molecule has 6 heteroatoms. The molecule has 0 aliphatic carbocycles. The standard InChI is InChI=1S/C15H19N3O2S/c19-21(20)11-7-13(12-4-1-2-5-14(12)21)16-8-3-6-15-17-9-10-18-15/h1-2,4-5,9-10,13,16H,3,6-8,11H2,(H,17,18). The molecule has 1 aromatic carbocycles. The highest BCUT2D eigenvalue weighted by atomic mass is 32.2. The Morgan fingerprint density at radius 2 is 2.19 bits per heavy atom. The van der Waals surface area contributed by atoms with Gasteiger partial charge >= 0.3 is 0 Å². The zero-order valence-corrected chi connectivity index (χ0v) is 12.6. The number of fused-ring (bicyclic) bond motifs is 1. The molecule has 0 spiro atoms. The Morgan fingerprint density at radius 1 is 1.33 bits per heavy atom. The quantitative estimate of drug-likeness (QED) is 0.827. The number of aromatic amines is 1. The number of imidazole rings is 1. The van der Waals surface area contributed by atoms with Gasteiger partial charge in [0, 0.05) is 24.9 Å². The predicted molar refractivity (Wildman–Crippen MR) is 80.8 cm³/mol. The Morgan fingerprint density at radius 3 is 3.00 bits per heavy atom. The van der Waals surface area contributed by atoms with Crippen molar-refractivity contribution in [3.63, 3.8) is 0 Å². The van der Waals surface area contributed by atoms with Crippen LogP contribution in [0.4, 0.5) is 0 Å². The number of nitrogens with zero attached hydrogens (tertiary/aromatic N) is 1. The molecule has 0 amide bonds. The average Bonchev–Trinajstić information content (AvgIpc) is 2.99. The molecule has 2 aromatic rings. The first kappa shape index (κ1) is 14.3. The Balaban J connectivity index is 1.62. The SMILES string of the molecule is O=S1(=O)CCC(NCCCc2ncc[nH]2)c2ccccc21. The van der Waals surface area contributed by atoms with Crippen LogP contribution in [0, 0.1) is 0 Å². The first-order valence-electron chi connectivity index (χ1n) is 7.20. The highest BCUT2D eigenvalue weighted by molar-refractivity contribution is 7.91. The number of sulfone groups is 1. The number of hydrogen-bond donors (Lipinski definition) is 2. The molecule has 1 atom stereocenters. The third-order valence-corrected chi connectivity index (χ3v) is 5.66. The van der Waals surface area contributed by atoms with E-state index in [-0.39, 0.29) is 11.8 Å². The molecule has 0 saturated carbocycles. The first-order valence-corrected chi connectivity index (χ1v) is 8.85. The van der Waals surface area contributed by atoms with E-state index in [9.17, 15) is 8.42 Å². The molecule has 3 rings (SSSR count). The van der Waals surface area contributed by atoms with Gasteiger partial charge in [-0.05, 0) is 31.0 Å². The van der Waals surface area contributed by atoms with Gasteiger partial charge in [0.25, 0.3) is 0 Å². The summed E-state index contributed by atoms with van der Waals surface area (Å²) in [6, 6.07) is 7.44. The molecule has 0 bridgehead atoms. The first-order chi connectivity index (χ1) is 10.2. The summed E-state index contributed by atoms with van der Waals surface area (Å²) in [6.07, 6.45) is 6.09. The van der Waals surface area contributed by atoms with E-state index in [2.05, 4.69) is 15.3 Å². The minimum absolute atomic E-state index is 0.126. The van der Waals surface area contributed by atoms with Crippen LogP contribution < -0.4 is 5.32 Å². The van der Waals surface area contributed by atoms with E-state index in [0.717, 1.165) is 30.8 Å². The minimum Gasteiger partial charge on any atom is -0.349 e. The lowest BCUT2D eigenvalue weighted by Gasteiger charge is -2.26. The molecule has 5 nitrogen and oxygen atoms in total. The average molecular weight is 305 g/mol. The molecule has 0 saturated heterocycles. The minimum atomic E-state index is -3.10. The summed E-state index contributed by atoms with van der Waals surface area (Å²) >= 11 is 0. The van der Waals surface area contributed by atoms with Gasteiger partial charge in [-0.25, -0.2) is 13.4 Å². The number of rotatable bonds is 5. The van der Waals surface area contributed by atoms with Crippen molar-refractivity contribution in [2.75, 3.05) is 12.3 Å². The molecule has 1 aromatic heterocycles. The van der Waals surface area contributed by atoms with Crippen molar-refractivity contribution in [1.29, 1.82) is 0 Å². The molecule has 2 heterocycles. The van der Waals surface area contributed by atoms with E-state index in [0.29, 0.717) is 11.3 Å². The van der Waals surface area contributed by atoms with Gasteiger partial charge in [-0.15, -0.1) is 0 Å². The maximum atomic E-state index is 12.1. The van der Waals surface area contributed by atoms with Crippen molar-refractivity contribution in [3.8, 4) is 0 Å². The van der Waals surface area contributed by atoms with Crippen LogP contribution >= 0.6 is 0 Å². The highest BCUT2D eigenvalue weighted by Crippen LogP contribution is 2.31. The number of aryl methyl sites for hydroxylation is 1. The van der Waals surface area contributed by atoms with Crippen molar-refractivity contribution in [2.24, 2.45) is 0 Å². The van der Waals surface area contributed by atoms with Crippen LogP contribution in [-0.4, -0.2) is 30.7 Å². The van der Waals surface area contributed by atoms with Crippen LogP contribution in [0.5, 0.6) is 0 Å². The van der Waals surface area contributed by atoms with Crippen molar-refractivity contribution < 1.29 is 8.42 Å². The number of benzene rings is 1. The van der Waals surface area contributed by atoms with E-state index in [4.69, 9.17) is 0 Å². The normalized spacial score (nSPS) is 20.1. The van der Waals surface area contributed by atoms with E-state index in [1.54, 1.807) is 18.3 Å². The zero-order valence-electron chi connectivity index (χ0n) is 11.7. The molecule has 0 radical (unpaired) electrons. The van der Waals surface area contributed by atoms with Gasteiger partial charge < -0.3 is 10.3 Å². The van der Waals surface area contributed by atoms with Crippen LogP contribution in [0.15, 0.2) is 41.6 Å². The molecular weight excluding hydrogens is 286 g/mol. The van der Waals surface area contributed by atoms with Crippen molar-refractivity contribution in [2.45, 2.75) is 30.2 Å². The number of H-pyrrole nitrogens is 1. The fourth-order valence-electron chi connectivity index (χ4n) is 2.77. The lowest BCUT2D eigenvalue weighted by Crippen LogP contribution is -2.30. The largest absolute Gasteiger partial charge is 0.349 e. The maximum absolute atomic E-state index is 12.1. The monoisotopic (exact) mass is 305 g/mol. The summed E-state index contributed by atoms with van der Waals surface area (Å²) in [5.41, 5.74) is 0.904.